The lowest BCUT2D eigenvalue weighted by Crippen LogP contribution is -2.45. The zero-order chi connectivity index (χ0) is 20.1. The maximum atomic E-state index is 11.8. The Balaban J connectivity index is 1.73. The Morgan fingerprint density at radius 3 is 2.61 bits per heavy atom. The number of carbonyl (C=O) groups is 1. The van der Waals surface area contributed by atoms with Crippen molar-refractivity contribution in [3.63, 3.8) is 0 Å². The van der Waals surface area contributed by atoms with Gasteiger partial charge in [-0.3, -0.25) is 19.0 Å². The summed E-state index contributed by atoms with van der Waals surface area (Å²) in [6, 6.07) is 9.19. The number of anilines is 2. The molecule has 150 valence electrons. The average Bonchev–Trinajstić information content (AvgIpc) is 3.12. The molecule has 0 atom stereocenters. The van der Waals surface area contributed by atoms with Crippen LogP contribution in [0.15, 0.2) is 42.6 Å². The summed E-state index contributed by atoms with van der Waals surface area (Å²) in [6.45, 7) is 1.35. The molecule has 1 aromatic heterocycles. The Labute approximate surface area is 164 Å². The van der Waals surface area contributed by atoms with Crippen molar-refractivity contribution in [2.24, 2.45) is 7.05 Å². The highest BCUT2D eigenvalue weighted by molar-refractivity contribution is 7.74. The predicted octanol–water partition coefficient (Wildman–Crippen LogP) is 0.940. The first-order chi connectivity index (χ1) is 13.5. The van der Waals surface area contributed by atoms with Gasteiger partial charge in [-0.1, -0.05) is 18.2 Å². The maximum Gasteiger partial charge on any atom is 0.267 e. The highest BCUT2D eigenvalue weighted by atomic mass is 32.2. The van der Waals surface area contributed by atoms with Gasteiger partial charge in [-0.15, -0.1) is 0 Å². The largest absolute Gasteiger partial charge is 0.371 e. The molecule has 2 N–H and O–H groups in total. The summed E-state index contributed by atoms with van der Waals surface area (Å²) in [5, 5.41) is 12.9. The first-order valence-electron chi connectivity index (χ1n) is 8.89. The van der Waals surface area contributed by atoms with E-state index in [-0.39, 0.29) is 6.04 Å². The second-order valence-corrected chi connectivity index (χ2v) is 7.42. The highest BCUT2D eigenvalue weighted by Crippen LogP contribution is 2.28. The number of piperidine rings is 1. The summed E-state index contributed by atoms with van der Waals surface area (Å²) >= 11 is 0. The molecule has 0 unspecified atom stereocenters. The molecule has 0 bridgehead atoms. The van der Waals surface area contributed by atoms with E-state index >= 15 is 0 Å². The molecule has 28 heavy (non-hydrogen) atoms. The van der Waals surface area contributed by atoms with Gasteiger partial charge in [0.15, 0.2) is 5.82 Å². The molecule has 2 heterocycles. The number of nitrogens with zero attached hydrogens (tertiary/aromatic N) is 4. The Kier molecular flexibility index (Phi) is 6.32. The summed E-state index contributed by atoms with van der Waals surface area (Å²) in [5.74, 6) is -0.158. The number of para-hydroxylation sites is 1. The third-order valence-electron chi connectivity index (χ3n) is 4.72. The van der Waals surface area contributed by atoms with Gasteiger partial charge in [0.05, 0.1) is 0 Å². The number of rotatable bonds is 6. The highest BCUT2D eigenvalue weighted by Gasteiger charge is 2.28. The van der Waals surface area contributed by atoms with E-state index in [0.29, 0.717) is 31.7 Å². The fourth-order valence-electron chi connectivity index (χ4n) is 3.40. The number of hydroxylamine groups is 1. The zero-order valence-electron chi connectivity index (χ0n) is 15.4. The van der Waals surface area contributed by atoms with E-state index in [9.17, 15) is 13.2 Å². The monoisotopic (exact) mass is 405 g/mol. The minimum absolute atomic E-state index is 0.143. The Hall–Kier alpha value is -2.85. The van der Waals surface area contributed by atoms with Gasteiger partial charge in [0, 0.05) is 50.2 Å². The minimum atomic E-state index is -2.78. The number of benzene rings is 1. The normalized spacial score (nSPS) is 15.3. The lowest BCUT2D eigenvalue weighted by atomic mass is 10.0. The summed E-state index contributed by atoms with van der Waals surface area (Å²) in [6.07, 6.45) is 5.95. The van der Waals surface area contributed by atoms with Gasteiger partial charge >= 0.3 is 0 Å². The van der Waals surface area contributed by atoms with Crippen molar-refractivity contribution in [1.82, 2.24) is 15.3 Å². The van der Waals surface area contributed by atoms with E-state index in [4.69, 9.17) is 5.21 Å². The van der Waals surface area contributed by atoms with Crippen molar-refractivity contribution in [3.05, 3.63) is 48.2 Å². The fraction of sp³-hybridized carbons (Fsp3) is 0.333. The summed E-state index contributed by atoms with van der Waals surface area (Å²) in [5.41, 5.74) is 3.38. The number of nitrogens with one attached hydrogen (secondary N) is 1. The molecule has 1 aliphatic heterocycles. The van der Waals surface area contributed by atoms with Crippen LogP contribution in [0.1, 0.15) is 18.4 Å². The molecule has 2 aromatic rings. The molecule has 9 nitrogen and oxygen atoms in total. The van der Waals surface area contributed by atoms with Gasteiger partial charge in [0.25, 0.3) is 5.91 Å². The standard InChI is InChI=1S/C18H23N5O4S/c1-21-11-10-17(19-21)23(28(26)27)15-8-12-22(13-9-15)16-5-3-2-4-14(16)6-7-18(24)20-25/h2-7,10-11,15,25,28H,8-9,12-13H2,1H3,(H,20,24)/b7-6+. The average molecular weight is 405 g/mol. The van der Waals surface area contributed by atoms with Crippen LogP contribution in [-0.2, 0) is 22.7 Å². The van der Waals surface area contributed by atoms with Gasteiger partial charge in [0.1, 0.15) is 0 Å². The molecular weight excluding hydrogens is 382 g/mol. The molecule has 3 rings (SSSR count). The summed E-state index contributed by atoms with van der Waals surface area (Å²) in [4.78, 5) is 13.4. The van der Waals surface area contributed by atoms with Crippen molar-refractivity contribution >= 4 is 34.4 Å². The molecule has 1 aromatic carbocycles. The van der Waals surface area contributed by atoms with Crippen LogP contribution in [-0.4, -0.2) is 48.4 Å². The third-order valence-corrected chi connectivity index (χ3v) is 5.61. The molecule has 1 saturated heterocycles. The predicted molar refractivity (Wildman–Crippen MR) is 107 cm³/mol. The first-order valence-corrected chi connectivity index (χ1v) is 10.0. The summed E-state index contributed by atoms with van der Waals surface area (Å²) in [7, 11) is -1.03. The number of amides is 1. The third kappa shape index (κ3) is 4.52. The number of hydrogen-bond donors (Lipinski definition) is 3. The smallest absolute Gasteiger partial charge is 0.267 e. The van der Waals surface area contributed by atoms with Crippen LogP contribution in [0.4, 0.5) is 11.5 Å². The van der Waals surface area contributed by atoms with Crippen molar-refractivity contribution in [2.75, 3.05) is 22.3 Å². The molecular formula is C18H23N5O4S. The van der Waals surface area contributed by atoms with E-state index in [1.165, 1.54) is 10.4 Å². The quantitative estimate of drug-likeness (QED) is 0.286. The van der Waals surface area contributed by atoms with Gasteiger partial charge < -0.3 is 4.90 Å². The second kappa shape index (κ2) is 8.89. The van der Waals surface area contributed by atoms with Gasteiger partial charge in [-0.2, -0.15) is 5.10 Å². The van der Waals surface area contributed by atoms with E-state index < -0.39 is 16.8 Å². The van der Waals surface area contributed by atoms with Crippen molar-refractivity contribution < 1.29 is 18.4 Å². The SMILES string of the molecule is Cn1ccc(N(C2CCN(c3ccccc3/C=C/C(=O)NO)CC2)[SH](=O)=O)n1. The number of thiol groups is 1. The topological polar surface area (TPSA) is 108 Å². The fourth-order valence-corrected chi connectivity index (χ4v) is 4.17. The number of hydrogen-bond acceptors (Lipinski definition) is 6. The lowest BCUT2D eigenvalue weighted by molar-refractivity contribution is -0.124. The lowest BCUT2D eigenvalue weighted by Gasteiger charge is -2.37. The van der Waals surface area contributed by atoms with Crippen LogP contribution in [0.3, 0.4) is 0 Å². The molecule has 1 fully saturated rings. The molecule has 0 spiro atoms. The molecule has 0 aliphatic carbocycles. The van der Waals surface area contributed by atoms with E-state index in [1.807, 2.05) is 24.3 Å². The Morgan fingerprint density at radius 2 is 2.00 bits per heavy atom. The van der Waals surface area contributed by atoms with E-state index in [0.717, 1.165) is 11.3 Å². The van der Waals surface area contributed by atoms with Crippen LogP contribution >= 0.6 is 0 Å². The molecule has 1 aliphatic rings. The Morgan fingerprint density at radius 1 is 1.29 bits per heavy atom. The summed E-state index contributed by atoms with van der Waals surface area (Å²) < 4.78 is 26.6. The maximum absolute atomic E-state index is 11.8. The molecule has 1 amide bonds. The Bertz CT molecular complexity index is 924. The van der Waals surface area contributed by atoms with Crippen LogP contribution in [0.5, 0.6) is 0 Å². The van der Waals surface area contributed by atoms with Gasteiger partial charge in [0.2, 0.25) is 10.9 Å². The van der Waals surface area contributed by atoms with Crippen molar-refractivity contribution in [2.45, 2.75) is 18.9 Å². The van der Waals surface area contributed by atoms with E-state index in [2.05, 4.69) is 10.00 Å². The number of aryl methyl sites for hydroxylation is 1. The van der Waals surface area contributed by atoms with Crippen LogP contribution in [0.25, 0.3) is 6.08 Å². The zero-order valence-corrected chi connectivity index (χ0v) is 16.3. The van der Waals surface area contributed by atoms with Crippen LogP contribution in [0, 0.1) is 0 Å². The van der Waals surface area contributed by atoms with E-state index in [1.54, 1.807) is 35.5 Å². The van der Waals surface area contributed by atoms with Crippen molar-refractivity contribution in [1.29, 1.82) is 0 Å². The number of aromatic nitrogens is 2. The number of carbonyl (C=O) groups excluding carboxylic acids is 1. The molecule has 10 heteroatoms. The van der Waals surface area contributed by atoms with Gasteiger partial charge in [-0.05, 0) is 30.5 Å². The second-order valence-electron chi connectivity index (χ2n) is 6.52. The first kappa shape index (κ1) is 19.9. The van der Waals surface area contributed by atoms with Crippen molar-refractivity contribution in [3.8, 4) is 0 Å². The van der Waals surface area contributed by atoms with Crippen LogP contribution in [0.2, 0.25) is 0 Å². The molecule has 0 saturated carbocycles. The van der Waals surface area contributed by atoms with Gasteiger partial charge in [-0.25, -0.2) is 13.9 Å². The van der Waals surface area contributed by atoms with Crippen LogP contribution < -0.4 is 14.7 Å². The molecule has 0 radical (unpaired) electrons. The minimum Gasteiger partial charge on any atom is -0.371 e.